The average Bonchev–Trinajstić information content (AvgIpc) is 3.50. The molecule has 2 saturated heterocycles. The van der Waals surface area contributed by atoms with Gasteiger partial charge in [0.15, 0.2) is 0 Å². The van der Waals surface area contributed by atoms with Gasteiger partial charge < -0.3 is 19.1 Å². The van der Waals surface area contributed by atoms with Gasteiger partial charge in [-0.25, -0.2) is 4.79 Å². The molecule has 1 unspecified atom stereocenters. The Morgan fingerprint density at radius 1 is 1.00 bits per heavy atom. The zero-order valence-electron chi connectivity index (χ0n) is 23.7. The van der Waals surface area contributed by atoms with Gasteiger partial charge in [0.2, 0.25) is 0 Å². The summed E-state index contributed by atoms with van der Waals surface area (Å²) >= 11 is 6.64. The molecule has 3 aromatic carbocycles. The number of halogens is 1. The first-order valence-corrected chi connectivity index (χ1v) is 15.8. The number of hydrogen-bond acceptors (Lipinski definition) is 6. The van der Waals surface area contributed by atoms with Crippen LogP contribution >= 0.6 is 11.6 Å². The summed E-state index contributed by atoms with van der Waals surface area (Å²) in [4.78, 5) is 28.7. The zero-order valence-corrected chi connectivity index (χ0v) is 25.3. The second kappa shape index (κ2) is 12.8. The molecule has 2 aliphatic heterocycles. The van der Waals surface area contributed by atoms with Gasteiger partial charge in [-0.2, -0.15) is 12.9 Å². The largest absolute Gasteiger partial charge is 0.478 e. The van der Waals surface area contributed by atoms with Crippen molar-refractivity contribution in [1.29, 1.82) is 0 Å². The molecule has 2 aliphatic rings. The third-order valence-corrected chi connectivity index (χ3v) is 10.0. The van der Waals surface area contributed by atoms with E-state index in [1.165, 1.54) is 29.8 Å². The van der Waals surface area contributed by atoms with Crippen LogP contribution < -0.4 is 4.18 Å². The summed E-state index contributed by atoms with van der Waals surface area (Å²) in [7, 11) is 0.490. The number of amides is 1. The molecule has 42 heavy (non-hydrogen) atoms. The Balaban J connectivity index is 1.40. The van der Waals surface area contributed by atoms with Crippen molar-refractivity contribution in [2.75, 3.05) is 40.3 Å². The van der Waals surface area contributed by atoms with Crippen LogP contribution in [-0.4, -0.2) is 81.6 Å². The first-order chi connectivity index (χ1) is 20.1. The van der Waals surface area contributed by atoms with E-state index in [9.17, 15) is 18.9 Å². The van der Waals surface area contributed by atoms with E-state index in [2.05, 4.69) is 21.4 Å². The van der Waals surface area contributed by atoms with Crippen LogP contribution in [0.25, 0.3) is 0 Å². The van der Waals surface area contributed by atoms with Crippen molar-refractivity contribution in [2.24, 2.45) is 4.36 Å². The van der Waals surface area contributed by atoms with E-state index in [4.69, 9.17) is 15.8 Å². The number of piperidine rings is 1. The Bertz CT molecular complexity index is 1560. The number of carboxylic acid groups (broad SMARTS) is 1. The molecule has 0 bridgehead atoms. The summed E-state index contributed by atoms with van der Waals surface area (Å²) in [6, 6.07) is 20.9. The van der Waals surface area contributed by atoms with Gasteiger partial charge in [0, 0.05) is 38.1 Å². The summed E-state index contributed by atoms with van der Waals surface area (Å²) in [5.41, 5.74) is 2.00. The molecule has 0 spiro atoms. The number of nitrogens with zero attached hydrogens (tertiary/aromatic N) is 4. The van der Waals surface area contributed by atoms with Crippen LogP contribution in [0.1, 0.15) is 51.5 Å². The predicted octanol–water partition coefficient (Wildman–Crippen LogP) is 5.70. The molecule has 0 aliphatic carbocycles. The number of aromatic carboxylic acids is 1. The SMILES string of the molecule is CN(C)[C@H]1CCN(S(=O)(=Nc2ccc(C(=O)N3CCC[C@@H](c4ccccc4)C3)c(Cl)c2)Oc2ccc(C(=O)O)cc2)C1. The Hall–Kier alpha value is -3.44. The summed E-state index contributed by atoms with van der Waals surface area (Å²) in [6.45, 7) is 2.26. The van der Waals surface area contributed by atoms with Crippen molar-refractivity contribution in [2.45, 2.75) is 31.2 Å². The number of carbonyl (C=O) groups is 2. The van der Waals surface area contributed by atoms with Crippen molar-refractivity contribution >= 4 is 39.4 Å². The molecule has 5 rings (SSSR count). The van der Waals surface area contributed by atoms with Gasteiger partial charge in [0.25, 0.3) is 16.1 Å². The van der Waals surface area contributed by atoms with E-state index in [-0.39, 0.29) is 34.2 Å². The number of carboxylic acids is 1. The number of carbonyl (C=O) groups excluding carboxylic acids is 1. The lowest BCUT2D eigenvalue weighted by Gasteiger charge is -2.33. The highest BCUT2D eigenvalue weighted by atomic mass is 35.5. The number of rotatable bonds is 8. The molecule has 1 N–H and O–H groups in total. The molecule has 0 radical (unpaired) electrons. The van der Waals surface area contributed by atoms with Gasteiger partial charge >= 0.3 is 5.97 Å². The van der Waals surface area contributed by atoms with E-state index in [1.807, 2.05) is 37.2 Å². The summed E-state index contributed by atoms with van der Waals surface area (Å²) in [5, 5.41) is 9.45. The zero-order chi connectivity index (χ0) is 29.9. The first-order valence-electron chi connectivity index (χ1n) is 14.0. The molecule has 9 nitrogen and oxygen atoms in total. The van der Waals surface area contributed by atoms with Crippen molar-refractivity contribution in [3.63, 3.8) is 0 Å². The van der Waals surface area contributed by atoms with E-state index >= 15 is 0 Å². The average molecular weight is 611 g/mol. The lowest BCUT2D eigenvalue weighted by Crippen LogP contribution is -2.39. The fourth-order valence-corrected chi connectivity index (χ4v) is 7.40. The van der Waals surface area contributed by atoms with Crippen LogP contribution in [0.2, 0.25) is 5.02 Å². The van der Waals surface area contributed by atoms with Crippen molar-refractivity contribution in [1.82, 2.24) is 14.1 Å². The van der Waals surface area contributed by atoms with Gasteiger partial charge in [0.05, 0.1) is 21.8 Å². The number of likely N-dealkylation sites (tertiary alicyclic amines) is 1. The van der Waals surface area contributed by atoms with E-state index in [1.54, 1.807) is 22.5 Å². The van der Waals surface area contributed by atoms with Crippen LogP contribution in [0.4, 0.5) is 5.69 Å². The van der Waals surface area contributed by atoms with Crippen molar-refractivity contribution in [3.8, 4) is 5.75 Å². The van der Waals surface area contributed by atoms with E-state index < -0.39 is 16.2 Å². The minimum absolute atomic E-state index is 0.0930. The fourth-order valence-electron chi connectivity index (χ4n) is 5.45. The second-order valence-corrected chi connectivity index (χ2v) is 13.1. The molecule has 3 atom stereocenters. The summed E-state index contributed by atoms with van der Waals surface area (Å²) < 4.78 is 26.6. The van der Waals surface area contributed by atoms with Gasteiger partial charge in [-0.1, -0.05) is 41.9 Å². The van der Waals surface area contributed by atoms with Gasteiger partial charge in [-0.15, -0.1) is 0 Å². The van der Waals surface area contributed by atoms with Gasteiger partial charge in [0.1, 0.15) is 5.75 Å². The van der Waals surface area contributed by atoms with E-state index in [0.717, 1.165) is 19.3 Å². The fraction of sp³-hybridized carbons (Fsp3) is 0.355. The normalized spacial score (nSPS) is 20.7. The monoisotopic (exact) mass is 610 g/mol. The van der Waals surface area contributed by atoms with Crippen LogP contribution in [0.5, 0.6) is 5.75 Å². The third kappa shape index (κ3) is 6.78. The quantitative estimate of drug-likeness (QED) is 0.351. The standard InChI is InChI=1S/C31H35ClN4O5S/c1-34(2)26-16-18-36(21-26)42(40,41-27-13-10-23(11-14-27)31(38)39)33-25-12-15-28(29(32)19-25)30(37)35-17-6-9-24(20-35)22-7-4-3-5-8-22/h3-5,7-8,10-15,19,24,26H,6,9,16-18,20-21H2,1-2H3,(H,38,39)/t24-,26+,42?/m1/s1. The summed E-state index contributed by atoms with van der Waals surface area (Å²) in [5.74, 6) is -0.700. The Morgan fingerprint density at radius 3 is 2.38 bits per heavy atom. The van der Waals surface area contributed by atoms with E-state index in [0.29, 0.717) is 37.4 Å². The van der Waals surface area contributed by atoms with Gasteiger partial charge in [-0.3, -0.25) is 4.79 Å². The van der Waals surface area contributed by atoms with Crippen molar-refractivity contribution in [3.05, 3.63) is 94.5 Å². The number of benzene rings is 3. The molecule has 11 heteroatoms. The molecule has 2 fully saturated rings. The Kier molecular flexibility index (Phi) is 9.17. The molecular formula is C31H35ClN4O5S. The maximum Gasteiger partial charge on any atom is 0.335 e. The highest BCUT2D eigenvalue weighted by molar-refractivity contribution is 7.87. The van der Waals surface area contributed by atoms with Gasteiger partial charge in [-0.05, 0) is 81.4 Å². The Morgan fingerprint density at radius 2 is 1.74 bits per heavy atom. The second-order valence-electron chi connectivity index (χ2n) is 10.9. The predicted molar refractivity (Wildman–Crippen MR) is 164 cm³/mol. The minimum atomic E-state index is -3.45. The molecule has 0 aromatic heterocycles. The highest BCUT2D eigenvalue weighted by Crippen LogP contribution is 2.32. The molecule has 1 amide bonds. The molecular weight excluding hydrogens is 576 g/mol. The van der Waals surface area contributed by atoms with Crippen LogP contribution in [0, 0.1) is 0 Å². The third-order valence-electron chi connectivity index (χ3n) is 7.87. The lowest BCUT2D eigenvalue weighted by atomic mass is 9.90. The maximum absolute atomic E-state index is 14.3. The van der Waals surface area contributed by atoms with Crippen LogP contribution in [-0.2, 0) is 10.2 Å². The van der Waals surface area contributed by atoms with Crippen molar-refractivity contribution < 1.29 is 23.1 Å². The Labute approximate surface area is 252 Å². The summed E-state index contributed by atoms with van der Waals surface area (Å²) in [6.07, 6.45) is 2.72. The molecule has 3 aromatic rings. The van der Waals surface area contributed by atoms with Crippen LogP contribution in [0.3, 0.4) is 0 Å². The van der Waals surface area contributed by atoms with Crippen LogP contribution in [0.15, 0.2) is 77.2 Å². The topological polar surface area (TPSA) is 103 Å². The molecule has 222 valence electrons. The number of likely N-dealkylation sites (N-methyl/N-ethyl adjacent to an activating group) is 1. The maximum atomic E-state index is 14.3. The highest BCUT2D eigenvalue weighted by Gasteiger charge is 2.33. The first kappa shape index (κ1) is 30.0. The minimum Gasteiger partial charge on any atom is -0.478 e. The lowest BCUT2D eigenvalue weighted by molar-refractivity contribution is 0.0692. The smallest absolute Gasteiger partial charge is 0.335 e. The molecule has 2 heterocycles. The molecule has 0 saturated carbocycles. The number of hydrogen-bond donors (Lipinski definition) is 1.